The highest BCUT2D eigenvalue weighted by Crippen LogP contribution is 2.17. The number of aliphatic hydroxyl groups is 4. The minimum Gasteiger partial charge on any atom is -0.394 e. The molecule has 1 aliphatic heterocycles. The van der Waals surface area contributed by atoms with Crippen LogP contribution in [0.5, 0.6) is 0 Å². The predicted molar refractivity (Wildman–Crippen MR) is 38.0 cm³/mol. The highest BCUT2D eigenvalue weighted by atomic mass is 16.6. The van der Waals surface area contributed by atoms with Gasteiger partial charge in [0.1, 0.15) is 18.3 Å². The zero-order valence-electron chi connectivity index (χ0n) is 6.37. The van der Waals surface area contributed by atoms with Gasteiger partial charge < -0.3 is 30.9 Å². The van der Waals surface area contributed by atoms with E-state index in [-0.39, 0.29) is 0 Å². The Morgan fingerprint density at radius 2 is 1.75 bits per heavy atom. The van der Waals surface area contributed by atoms with Crippen molar-refractivity contribution in [3.63, 3.8) is 0 Å². The molecule has 1 fully saturated rings. The molecule has 1 saturated heterocycles. The highest BCUT2D eigenvalue weighted by molar-refractivity contribution is 4.90. The van der Waals surface area contributed by atoms with Gasteiger partial charge in [-0.25, -0.2) is 0 Å². The molecule has 0 aromatic carbocycles. The molecule has 0 bridgehead atoms. The Labute approximate surface area is 69.2 Å². The summed E-state index contributed by atoms with van der Waals surface area (Å²) in [6.07, 6.45) is -4.85. The first-order valence-corrected chi connectivity index (χ1v) is 3.64. The van der Waals surface area contributed by atoms with Gasteiger partial charge in [-0.05, 0) is 0 Å². The number of nitrogens with two attached hydrogens (primary N) is 1. The summed E-state index contributed by atoms with van der Waals surface area (Å²) in [6, 6.07) is -1.04. The third kappa shape index (κ3) is 1.58. The second-order valence-electron chi connectivity index (χ2n) is 2.81. The van der Waals surface area contributed by atoms with Crippen LogP contribution < -0.4 is 5.73 Å². The van der Waals surface area contributed by atoms with Crippen molar-refractivity contribution in [2.24, 2.45) is 5.73 Å². The summed E-state index contributed by atoms with van der Waals surface area (Å²) >= 11 is 0. The Balaban J connectivity index is 2.63. The molecule has 1 unspecified atom stereocenters. The van der Waals surface area contributed by atoms with Gasteiger partial charge in [-0.1, -0.05) is 0 Å². The summed E-state index contributed by atoms with van der Waals surface area (Å²) in [6.45, 7) is -0.470. The van der Waals surface area contributed by atoms with E-state index in [1.54, 1.807) is 0 Å². The van der Waals surface area contributed by atoms with Crippen molar-refractivity contribution < 1.29 is 25.2 Å². The molecule has 0 aromatic heterocycles. The van der Waals surface area contributed by atoms with E-state index in [2.05, 4.69) is 0 Å². The monoisotopic (exact) mass is 179 g/mol. The maximum Gasteiger partial charge on any atom is 0.173 e. The molecule has 1 aliphatic rings. The molecule has 0 saturated carbocycles. The van der Waals surface area contributed by atoms with Crippen LogP contribution in [0.1, 0.15) is 0 Å². The van der Waals surface area contributed by atoms with Gasteiger partial charge >= 0.3 is 0 Å². The third-order valence-corrected chi connectivity index (χ3v) is 1.95. The van der Waals surface area contributed by atoms with Crippen LogP contribution in [0.4, 0.5) is 0 Å². The molecule has 1 rings (SSSR count). The Kier molecular flexibility index (Phi) is 2.99. The van der Waals surface area contributed by atoms with E-state index in [0.717, 1.165) is 0 Å². The second-order valence-corrected chi connectivity index (χ2v) is 2.81. The van der Waals surface area contributed by atoms with Crippen LogP contribution in [0.2, 0.25) is 0 Å². The summed E-state index contributed by atoms with van der Waals surface area (Å²) in [5, 5.41) is 36.1. The van der Waals surface area contributed by atoms with Crippen LogP contribution in [0, 0.1) is 0 Å². The van der Waals surface area contributed by atoms with Crippen LogP contribution in [-0.2, 0) is 4.74 Å². The van der Waals surface area contributed by atoms with Crippen molar-refractivity contribution in [1.82, 2.24) is 0 Å². The van der Waals surface area contributed by atoms with Gasteiger partial charge in [0.15, 0.2) is 6.29 Å². The average Bonchev–Trinajstić information content (AvgIpc) is 2.08. The quantitative estimate of drug-likeness (QED) is 0.288. The smallest absolute Gasteiger partial charge is 0.173 e. The van der Waals surface area contributed by atoms with Crippen molar-refractivity contribution in [3.8, 4) is 0 Å². The van der Waals surface area contributed by atoms with Gasteiger partial charge in [0.05, 0.1) is 12.6 Å². The van der Waals surface area contributed by atoms with Gasteiger partial charge in [-0.15, -0.1) is 0 Å². The minimum atomic E-state index is -1.35. The van der Waals surface area contributed by atoms with E-state index in [0.29, 0.717) is 0 Å². The first-order chi connectivity index (χ1) is 5.57. The van der Waals surface area contributed by atoms with Crippen molar-refractivity contribution >= 4 is 0 Å². The first-order valence-electron chi connectivity index (χ1n) is 3.64. The molecule has 0 aromatic rings. The van der Waals surface area contributed by atoms with Crippen LogP contribution in [0.15, 0.2) is 0 Å². The third-order valence-electron chi connectivity index (χ3n) is 1.95. The van der Waals surface area contributed by atoms with Crippen molar-refractivity contribution in [2.75, 3.05) is 6.61 Å². The summed E-state index contributed by atoms with van der Waals surface area (Å²) in [5.41, 5.74) is 5.26. The number of hydrogen-bond donors (Lipinski definition) is 5. The van der Waals surface area contributed by atoms with E-state index in [9.17, 15) is 10.2 Å². The summed E-state index contributed by atoms with van der Waals surface area (Å²) in [5.74, 6) is 0. The maximum absolute atomic E-state index is 9.20. The van der Waals surface area contributed by atoms with Crippen molar-refractivity contribution in [3.05, 3.63) is 0 Å². The van der Waals surface area contributed by atoms with Gasteiger partial charge in [-0.2, -0.15) is 0 Å². The molecule has 6 heteroatoms. The lowest BCUT2D eigenvalue weighted by atomic mass is 9.98. The van der Waals surface area contributed by atoms with Crippen LogP contribution in [-0.4, -0.2) is 57.7 Å². The van der Waals surface area contributed by atoms with Crippen molar-refractivity contribution in [2.45, 2.75) is 30.6 Å². The average molecular weight is 179 g/mol. The maximum atomic E-state index is 9.20. The molecule has 0 amide bonds. The van der Waals surface area contributed by atoms with Gasteiger partial charge in [-0.3, -0.25) is 0 Å². The van der Waals surface area contributed by atoms with Crippen LogP contribution >= 0.6 is 0 Å². The summed E-state index contributed by atoms with van der Waals surface area (Å²) < 4.78 is 4.70. The molecule has 12 heavy (non-hydrogen) atoms. The molecule has 0 aliphatic carbocycles. The minimum absolute atomic E-state index is 0.470. The van der Waals surface area contributed by atoms with E-state index in [1.165, 1.54) is 0 Å². The summed E-state index contributed by atoms with van der Waals surface area (Å²) in [7, 11) is 0. The second kappa shape index (κ2) is 3.65. The molecule has 5 atom stereocenters. The fraction of sp³-hybridized carbons (Fsp3) is 1.00. The predicted octanol–water partition coefficient (Wildman–Crippen LogP) is -3.26. The first kappa shape index (κ1) is 9.85. The van der Waals surface area contributed by atoms with Crippen LogP contribution in [0.25, 0.3) is 0 Å². The van der Waals surface area contributed by atoms with Gasteiger partial charge in [0, 0.05) is 0 Å². The molecular formula is C6H13NO5. The van der Waals surface area contributed by atoms with E-state index in [4.69, 9.17) is 20.7 Å². The molecule has 0 radical (unpaired) electrons. The Morgan fingerprint density at radius 3 is 2.25 bits per heavy atom. The lowest BCUT2D eigenvalue weighted by Crippen LogP contribution is -2.61. The molecular weight excluding hydrogens is 166 g/mol. The van der Waals surface area contributed by atoms with Crippen molar-refractivity contribution in [1.29, 1.82) is 0 Å². The molecule has 72 valence electrons. The largest absolute Gasteiger partial charge is 0.394 e. The zero-order chi connectivity index (χ0) is 9.30. The van der Waals surface area contributed by atoms with E-state index in [1.807, 2.05) is 0 Å². The van der Waals surface area contributed by atoms with Gasteiger partial charge in [0.2, 0.25) is 0 Å². The lowest BCUT2D eigenvalue weighted by molar-refractivity contribution is -0.248. The fourth-order valence-corrected chi connectivity index (χ4v) is 1.12. The molecule has 6 N–H and O–H groups in total. The number of aliphatic hydroxyl groups excluding tert-OH is 4. The Morgan fingerprint density at radius 1 is 1.17 bits per heavy atom. The number of ether oxygens (including phenoxy) is 1. The van der Waals surface area contributed by atoms with E-state index < -0.39 is 37.3 Å². The highest BCUT2D eigenvalue weighted by Gasteiger charge is 2.41. The molecule has 0 spiro atoms. The fourth-order valence-electron chi connectivity index (χ4n) is 1.12. The Bertz CT molecular complexity index is 150. The standard InChI is InChI=1S/C6H13NO5/c7-3-5(10)4(9)2(1-8)12-6(3)11/h2-6,8-11H,1,7H2/t2?,3-,4+,5+,6-/m1/s1. The molecule has 1 heterocycles. The lowest BCUT2D eigenvalue weighted by Gasteiger charge is -2.38. The SMILES string of the molecule is N[C@@H]1[C@H](O)[C@@H](O)C(CO)O[C@H]1O. The topological polar surface area (TPSA) is 116 Å². The zero-order valence-corrected chi connectivity index (χ0v) is 6.37. The molecule has 6 nitrogen and oxygen atoms in total. The number of rotatable bonds is 1. The number of hydrogen-bond acceptors (Lipinski definition) is 6. The van der Waals surface area contributed by atoms with Gasteiger partial charge in [0.25, 0.3) is 0 Å². The Hall–Kier alpha value is -0.240. The summed E-state index contributed by atoms with van der Waals surface area (Å²) in [4.78, 5) is 0. The van der Waals surface area contributed by atoms with Crippen LogP contribution in [0.3, 0.4) is 0 Å². The normalized spacial score (nSPS) is 49.2. The van der Waals surface area contributed by atoms with E-state index >= 15 is 0 Å².